The number of carbonyl (C=O) groups is 1. The number of hydrogen-bond donors (Lipinski definition) is 2. The van der Waals surface area contributed by atoms with E-state index in [-0.39, 0.29) is 5.91 Å². The molecule has 0 aliphatic carbocycles. The van der Waals surface area contributed by atoms with E-state index in [0.29, 0.717) is 17.3 Å². The molecule has 0 bridgehead atoms. The number of fused-ring (bicyclic) bond motifs is 3. The summed E-state index contributed by atoms with van der Waals surface area (Å²) in [6.07, 6.45) is 0.815. The van der Waals surface area contributed by atoms with Crippen molar-refractivity contribution in [1.82, 2.24) is 15.3 Å². The SMILES string of the molecule is Cc1nc2c3c([nH]c2cc1Cl)C(=O)NCC3. The fourth-order valence-electron chi connectivity index (χ4n) is 2.06. The Morgan fingerprint density at radius 3 is 3.12 bits per heavy atom. The highest BCUT2D eigenvalue weighted by atomic mass is 35.5. The number of pyridine rings is 1. The van der Waals surface area contributed by atoms with Gasteiger partial charge in [-0.05, 0) is 19.4 Å². The van der Waals surface area contributed by atoms with E-state index >= 15 is 0 Å². The summed E-state index contributed by atoms with van der Waals surface area (Å²) < 4.78 is 0. The van der Waals surface area contributed by atoms with E-state index in [1.807, 2.05) is 13.0 Å². The van der Waals surface area contributed by atoms with E-state index in [1.165, 1.54) is 0 Å². The molecule has 82 valence electrons. The molecule has 1 amide bonds. The second-order valence-corrected chi connectivity index (χ2v) is 4.34. The van der Waals surface area contributed by atoms with E-state index in [4.69, 9.17) is 11.6 Å². The number of H-pyrrole nitrogens is 1. The van der Waals surface area contributed by atoms with Crippen LogP contribution in [0.3, 0.4) is 0 Å². The maximum Gasteiger partial charge on any atom is 0.268 e. The van der Waals surface area contributed by atoms with Gasteiger partial charge in [0.05, 0.1) is 21.7 Å². The minimum Gasteiger partial charge on any atom is -0.350 e. The first-order valence-electron chi connectivity index (χ1n) is 5.12. The lowest BCUT2D eigenvalue weighted by molar-refractivity contribution is 0.0942. The van der Waals surface area contributed by atoms with Crippen LogP contribution in [0.1, 0.15) is 21.7 Å². The topological polar surface area (TPSA) is 57.8 Å². The fourth-order valence-corrected chi connectivity index (χ4v) is 2.21. The summed E-state index contributed by atoms with van der Waals surface area (Å²) in [5, 5.41) is 3.41. The predicted octanol–water partition coefficient (Wildman–Crippen LogP) is 1.81. The molecule has 0 fully saturated rings. The Morgan fingerprint density at radius 2 is 2.31 bits per heavy atom. The van der Waals surface area contributed by atoms with Gasteiger partial charge in [0, 0.05) is 12.1 Å². The molecule has 0 atom stereocenters. The number of hydrogen-bond acceptors (Lipinski definition) is 2. The molecule has 4 nitrogen and oxygen atoms in total. The summed E-state index contributed by atoms with van der Waals surface area (Å²) >= 11 is 6.00. The third kappa shape index (κ3) is 1.23. The van der Waals surface area contributed by atoms with Crippen molar-refractivity contribution in [3.05, 3.63) is 28.0 Å². The molecule has 5 heteroatoms. The van der Waals surface area contributed by atoms with Gasteiger partial charge in [0.2, 0.25) is 0 Å². The van der Waals surface area contributed by atoms with Gasteiger partial charge in [0.15, 0.2) is 0 Å². The standard InChI is InChI=1S/C11H10ClN3O/c1-5-7(12)4-8-9(14-5)6-2-3-13-11(16)10(6)15-8/h4,15H,2-3H2,1H3,(H,13,16). The highest BCUT2D eigenvalue weighted by Gasteiger charge is 2.22. The molecule has 2 aromatic rings. The Bertz CT molecular complexity index is 603. The van der Waals surface area contributed by atoms with Crippen molar-refractivity contribution in [2.75, 3.05) is 6.54 Å². The van der Waals surface area contributed by atoms with E-state index < -0.39 is 0 Å². The molecule has 1 aliphatic rings. The Labute approximate surface area is 97.0 Å². The highest BCUT2D eigenvalue weighted by molar-refractivity contribution is 6.31. The zero-order valence-corrected chi connectivity index (χ0v) is 9.48. The fraction of sp³-hybridized carbons (Fsp3) is 0.273. The molecule has 0 unspecified atom stereocenters. The van der Waals surface area contributed by atoms with Gasteiger partial charge in [0.25, 0.3) is 5.91 Å². The van der Waals surface area contributed by atoms with Crippen molar-refractivity contribution in [2.45, 2.75) is 13.3 Å². The first-order valence-corrected chi connectivity index (χ1v) is 5.50. The van der Waals surface area contributed by atoms with Crippen LogP contribution in [0, 0.1) is 6.92 Å². The zero-order valence-electron chi connectivity index (χ0n) is 8.72. The molecule has 2 aromatic heterocycles. The first kappa shape index (κ1) is 9.66. The minimum absolute atomic E-state index is 0.0620. The Balaban J connectivity index is 2.36. The summed E-state index contributed by atoms with van der Waals surface area (Å²) in [4.78, 5) is 19.1. The lowest BCUT2D eigenvalue weighted by Gasteiger charge is -2.11. The number of aromatic nitrogens is 2. The van der Waals surface area contributed by atoms with Gasteiger partial charge < -0.3 is 10.3 Å². The van der Waals surface area contributed by atoms with Gasteiger partial charge in [-0.15, -0.1) is 0 Å². The van der Waals surface area contributed by atoms with Crippen molar-refractivity contribution in [1.29, 1.82) is 0 Å². The van der Waals surface area contributed by atoms with Crippen molar-refractivity contribution < 1.29 is 4.79 Å². The summed E-state index contributed by atoms with van der Waals surface area (Å²) in [5.41, 5.74) is 4.11. The van der Waals surface area contributed by atoms with E-state index in [1.54, 1.807) is 0 Å². The third-order valence-corrected chi connectivity index (χ3v) is 3.27. The van der Waals surface area contributed by atoms with Crippen LogP contribution < -0.4 is 5.32 Å². The average molecular weight is 236 g/mol. The molecule has 0 spiro atoms. The van der Waals surface area contributed by atoms with Gasteiger partial charge in [-0.25, -0.2) is 4.98 Å². The monoisotopic (exact) mass is 235 g/mol. The van der Waals surface area contributed by atoms with E-state index in [2.05, 4.69) is 15.3 Å². The van der Waals surface area contributed by atoms with Crippen LogP contribution in [-0.4, -0.2) is 22.4 Å². The summed E-state index contributed by atoms with van der Waals surface area (Å²) in [6.45, 7) is 2.53. The molecular formula is C11H10ClN3O. The largest absolute Gasteiger partial charge is 0.350 e. The molecule has 3 heterocycles. The number of aromatic amines is 1. The lowest BCUT2D eigenvalue weighted by Crippen LogP contribution is -2.31. The Morgan fingerprint density at radius 1 is 1.50 bits per heavy atom. The number of rotatable bonds is 0. The smallest absolute Gasteiger partial charge is 0.268 e. The van der Waals surface area contributed by atoms with Crippen molar-refractivity contribution in [3.63, 3.8) is 0 Å². The Kier molecular flexibility index (Phi) is 1.94. The first-order chi connectivity index (χ1) is 7.66. The maximum atomic E-state index is 11.6. The van der Waals surface area contributed by atoms with Crippen LogP contribution in [0.4, 0.5) is 0 Å². The van der Waals surface area contributed by atoms with E-state index in [0.717, 1.165) is 28.7 Å². The quantitative estimate of drug-likeness (QED) is 0.732. The summed E-state index contributed by atoms with van der Waals surface area (Å²) in [7, 11) is 0. The van der Waals surface area contributed by atoms with Gasteiger partial charge in [-0.1, -0.05) is 11.6 Å². The van der Waals surface area contributed by atoms with Crippen LogP contribution >= 0.6 is 11.6 Å². The minimum atomic E-state index is -0.0620. The molecule has 0 saturated carbocycles. The van der Waals surface area contributed by atoms with Crippen molar-refractivity contribution in [3.8, 4) is 0 Å². The van der Waals surface area contributed by atoms with Crippen molar-refractivity contribution >= 4 is 28.5 Å². The molecule has 0 radical (unpaired) electrons. The van der Waals surface area contributed by atoms with Crippen molar-refractivity contribution in [2.24, 2.45) is 0 Å². The molecule has 0 aromatic carbocycles. The normalized spacial score (nSPS) is 15.0. The molecular weight excluding hydrogens is 226 g/mol. The summed E-state index contributed by atoms with van der Waals surface area (Å²) in [6, 6.07) is 1.82. The molecule has 16 heavy (non-hydrogen) atoms. The number of nitrogens with zero attached hydrogens (tertiary/aromatic N) is 1. The van der Waals surface area contributed by atoms with Gasteiger partial charge in [-0.2, -0.15) is 0 Å². The number of nitrogens with one attached hydrogen (secondary N) is 2. The average Bonchev–Trinajstić information content (AvgIpc) is 2.59. The highest BCUT2D eigenvalue weighted by Crippen LogP contribution is 2.26. The number of halogens is 1. The molecule has 0 saturated heterocycles. The van der Waals surface area contributed by atoms with Crippen LogP contribution in [0.5, 0.6) is 0 Å². The van der Waals surface area contributed by atoms with Crippen LogP contribution in [0.15, 0.2) is 6.07 Å². The number of amides is 1. The van der Waals surface area contributed by atoms with Crippen LogP contribution in [-0.2, 0) is 6.42 Å². The second-order valence-electron chi connectivity index (χ2n) is 3.94. The number of aryl methyl sites for hydroxylation is 1. The van der Waals surface area contributed by atoms with E-state index in [9.17, 15) is 4.79 Å². The zero-order chi connectivity index (χ0) is 11.3. The molecule has 3 rings (SSSR count). The lowest BCUT2D eigenvalue weighted by atomic mass is 10.1. The predicted molar refractivity (Wildman–Crippen MR) is 61.9 cm³/mol. The Hall–Kier alpha value is -1.55. The van der Waals surface area contributed by atoms with Crippen LogP contribution in [0.25, 0.3) is 11.0 Å². The van der Waals surface area contributed by atoms with Crippen LogP contribution in [0.2, 0.25) is 5.02 Å². The van der Waals surface area contributed by atoms with Gasteiger partial charge in [-0.3, -0.25) is 4.79 Å². The third-order valence-electron chi connectivity index (χ3n) is 2.89. The van der Waals surface area contributed by atoms with Gasteiger partial charge in [0.1, 0.15) is 5.69 Å². The molecule has 2 N–H and O–H groups in total. The maximum absolute atomic E-state index is 11.6. The summed E-state index contributed by atoms with van der Waals surface area (Å²) in [5.74, 6) is -0.0620. The molecule has 1 aliphatic heterocycles. The second kappa shape index (κ2) is 3.22. The number of carbonyl (C=O) groups excluding carboxylic acids is 1. The van der Waals surface area contributed by atoms with Gasteiger partial charge >= 0.3 is 0 Å².